The summed E-state index contributed by atoms with van der Waals surface area (Å²) in [6.07, 6.45) is 0.712. The number of phenolic OH excluding ortho intramolecular Hbond substituents is 1. The van der Waals surface area contributed by atoms with Crippen molar-refractivity contribution in [3.63, 3.8) is 0 Å². The summed E-state index contributed by atoms with van der Waals surface area (Å²) >= 11 is 0. The van der Waals surface area contributed by atoms with Gasteiger partial charge in [0, 0.05) is 11.1 Å². The van der Waals surface area contributed by atoms with Crippen LogP contribution in [0, 0.1) is 26.6 Å². The Morgan fingerprint density at radius 3 is 2.37 bits per heavy atom. The van der Waals surface area contributed by atoms with Crippen molar-refractivity contribution in [1.82, 2.24) is 5.32 Å². The predicted molar refractivity (Wildman–Crippen MR) is 133 cm³/mol. The molecule has 190 valence electrons. The van der Waals surface area contributed by atoms with Crippen LogP contribution in [0.3, 0.4) is 0 Å². The first-order chi connectivity index (χ1) is 16.3. The summed E-state index contributed by atoms with van der Waals surface area (Å²) < 4.78 is 26.3. The maximum atomic E-state index is 15.9. The Kier molecular flexibility index (Phi) is 7.77. The molecule has 1 fully saturated rings. The van der Waals surface area contributed by atoms with Crippen LogP contribution < -0.4 is 5.32 Å². The Morgan fingerprint density at radius 2 is 1.80 bits per heavy atom. The standard InChI is InChI=1S/C28H36FNO5/c1-8-34-24(32)14-22(30-27(33)35-28(5,6)7)21-13-19(12-20(26(21)29)18-9-10-18)25-17(4)16(3)15(2)11-23(25)31/h11-13,18,22,31H,8-10,14H2,1-7H3,(H,30,33)/t22-/m0/s1. The number of carbonyl (C=O) groups excluding carboxylic acids is 2. The summed E-state index contributed by atoms with van der Waals surface area (Å²) in [5, 5.41) is 13.5. The van der Waals surface area contributed by atoms with Crippen LogP contribution in [0.25, 0.3) is 11.1 Å². The quantitative estimate of drug-likeness (QED) is 0.436. The van der Waals surface area contributed by atoms with Gasteiger partial charge in [-0.1, -0.05) is 0 Å². The number of aryl methyl sites for hydroxylation is 1. The number of nitrogens with one attached hydrogen (secondary N) is 1. The predicted octanol–water partition coefficient (Wildman–Crippen LogP) is 6.52. The van der Waals surface area contributed by atoms with Crippen molar-refractivity contribution in [2.24, 2.45) is 0 Å². The minimum Gasteiger partial charge on any atom is -0.507 e. The van der Waals surface area contributed by atoms with Crippen molar-refractivity contribution in [3.05, 3.63) is 51.8 Å². The van der Waals surface area contributed by atoms with E-state index < -0.39 is 29.5 Å². The Balaban J connectivity index is 2.15. The van der Waals surface area contributed by atoms with Crippen molar-refractivity contribution in [3.8, 4) is 16.9 Å². The number of rotatable bonds is 7. The topological polar surface area (TPSA) is 84.9 Å². The molecule has 1 saturated carbocycles. The smallest absolute Gasteiger partial charge is 0.408 e. The van der Waals surface area contributed by atoms with E-state index in [2.05, 4.69) is 5.32 Å². The van der Waals surface area contributed by atoms with Gasteiger partial charge in [0.15, 0.2) is 0 Å². The Bertz CT molecular complexity index is 1130. The van der Waals surface area contributed by atoms with Crippen molar-refractivity contribution < 1.29 is 28.6 Å². The van der Waals surface area contributed by atoms with Gasteiger partial charge >= 0.3 is 12.1 Å². The highest BCUT2D eigenvalue weighted by molar-refractivity contribution is 5.78. The molecule has 2 aromatic carbocycles. The fourth-order valence-corrected chi connectivity index (χ4v) is 4.26. The van der Waals surface area contributed by atoms with Crippen LogP contribution in [0.15, 0.2) is 18.2 Å². The highest BCUT2D eigenvalue weighted by Crippen LogP contribution is 2.46. The molecule has 0 spiro atoms. The molecule has 1 amide bonds. The van der Waals surface area contributed by atoms with E-state index in [1.807, 2.05) is 20.8 Å². The highest BCUT2D eigenvalue weighted by Gasteiger charge is 2.32. The highest BCUT2D eigenvalue weighted by atomic mass is 19.1. The van der Waals surface area contributed by atoms with Crippen molar-refractivity contribution in [2.45, 2.75) is 85.3 Å². The fraction of sp³-hybridized carbons (Fsp3) is 0.500. The largest absolute Gasteiger partial charge is 0.507 e. The molecule has 7 heteroatoms. The number of hydrogen-bond acceptors (Lipinski definition) is 5. The van der Waals surface area contributed by atoms with Crippen LogP contribution in [0.2, 0.25) is 0 Å². The molecule has 1 atom stereocenters. The lowest BCUT2D eigenvalue weighted by Gasteiger charge is -2.25. The molecule has 0 heterocycles. The van der Waals surface area contributed by atoms with E-state index >= 15 is 4.39 Å². The molecular formula is C28H36FNO5. The van der Waals surface area contributed by atoms with Gasteiger partial charge in [0.2, 0.25) is 0 Å². The molecule has 35 heavy (non-hydrogen) atoms. The monoisotopic (exact) mass is 485 g/mol. The first kappa shape index (κ1) is 26.5. The van der Waals surface area contributed by atoms with Crippen LogP contribution in [0.5, 0.6) is 5.75 Å². The van der Waals surface area contributed by atoms with E-state index in [9.17, 15) is 14.7 Å². The summed E-state index contributed by atoms with van der Waals surface area (Å²) in [6, 6.07) is 4.09. The Morgan fingerprint density at radius 1 is 1.14 bits per heavy atom. The van der Waals surface area contributed by atoms with E-state index in [-0.39, 0.29) is 30.3 Å². The zero-order valence-electron chi connectivity index (χ0n) is 21.7. The zero-order valence-corrected chi connectivity index (χ0v) is 21.7. The van der Waals surface area contributed by atoms with Crippen LogP contribution in [0.4, 0.5) is 9.18 Å². The summed E-state index contributed by atoms with van der Waals surface area (Å²) in [6.45, 7) is 12.9. The third-order valence-electron chi connectivity index (χ3n) is 6.32. The molecular weight excluding hydrogens is 449 g/mol. The summed E-state index contributed by atoms with van der Waals surface area (Å²) in [5.74, 6) is -0.849. The molecule has 0 unspecified atom stereocenters. The number of amides is 1. The minimum atomic E-state index is -1.00. The minimum absolute atomic E-state index is 0.0625. The lowest BCUT2D eigenvalue weighted by atomic mass is 9.88. The lowest BCUT2D eigenvalue weighted by molar-refractivity contribution is -0.143. The van der Waals surface area contributed by atoms with Crippen LogP contribution in [0.1, 0.15) is 86.7 Å². The van der Waals surface area contributed by atoms with Gasteiger partial charge in [0.25, 0.3) is 0 Å². The van der Waals surface area contributed by atoms with Gasteiger partial charge in [-0.15, -0.1) is 0 Å². The first-order valence-electron chi connectivity index (χ1n) is 12.1. The number of esters is 1. The number of benzene rings is 2. The summed E-state index contributed by atoms with van der Waals surface area (Å²) in [4.78, 5) is 25.0. The molecule has 2 N–H and O–H groups in total. The number of carbonyl (C=O) groups is 2. The lowest BCUT2D eigenvalue weighted by Crippen LogP contribution is -2.36. The molecule has 0 radical (unpaired) electrons. The van der Waals surface area contributed by atoms with Crippen LogP contribution >= 0.6 is 0 Å². The second kappa shape index (κ2) is 10.3. The third kappa shape index (κ3) is 6.32. The summed E-state index contributed by atoms with van der Waals surface area (Å²) in [5.41, 5.74) is 4.07. The van der Waals surface area contributed by atoms with Gasteiger partial charge < -0.3 is 19.9 Å². The van der Waals surface area contributed by atoms with Gasteiger partial charge in [-0.05, 0) is 113 Å². The molecule has 1 aliphatic carbocycles. The van der Waals surface area contributed by atoms with Crippen LogP contribution in [-0.2, 0) is 14.3 Å². The van der Waals surface area contributed by atoms with E-state index in [4.69, 9.17) is 9.47 Å². The van der Waals surface area contributed by atoms with Gasteiger partial charge in [0.05, 0.1) is 19.1 Å². The number of aromatic hydroxyl groups is 1. The van der Waals surface area contributed by atoms with E-state index in [0.717, 1.165) is 29.5 Å². The number of halogens is 1. The number of hydrogen-bond donors (Lipinski definition) is 2. The average molecular weight is 486 g/mol. The second-order valence-electron chi connectivity index (χ2n) is 10.3. The van der Waals surface area contributed by atoms with Crippen molar-refractivity contribution in [1.29, 1.82) is 0 Å². The molecule has 2 aromatic rings. The first-order valence-corrected chi connectivity index (χ1v) is 12.1. The number of ether oxygens (including phenoxy) is 2. The molecule has 0 bridgehead atoms. The molecule has 1 aliphatic rings. The number of phenols is 1. The van der Waals surface area contributed by atoms with Gasteiger partial charge in [-0.25, -0.2) is 9.18 Å². The van der Waals surface area contributed by atoms with E-state index in [1.165, 1.54) is 0 Å². The van der Waals surface area contributed by atoms with E-state index in [0.29, 0.717) is 16.7 Å². The molecule has 0 saturated heterocycles. The second-order valence-corrected chi connectivity index (χ2v) is 10.3. The van der Waals surface area contributed by atoms with Crippen molar-refractivity contribution >= 4 is 12.1 Å². The fourth-order valence-electron chi connectivity index (χ4n) is 4.26. The molecule has 0 aromatic heterocycles. The van der Waals surface area contributed by atoms with Gasteiger partial charge in [-0.3, -0.25) is 4.79 Å². The Labute approximate surface area is 206 Å². The summed E-state index contributed by atoms with van der Waals surface area (Å²) in [7, 11) is 0. The SMILES string of the molecule is CCOC(=O)C[C@H](NC(=O)OC(C)(C)C)c1cc(-c2c(O)cc(C)c(C)c2C)cc(C2CC2)c1F. The Hall–Kier alpha value is -3.09. The van der Waals surface area contributed by atoms with Gasteiger partial charge in [-0.2, -0.15) is 0 Å². The van der Waals surface area contributed by atoms with Crippen LogP contribution in [-0.4, -0.2) is 29.4 Å². The normalized spacial score (nSPS) is 14.4. The third-order valence-corrected chi connectivity index (χ3v) is 6.32. The zero-order chi connectivity index (χ0) is 26.1. The molecule has 0 aliphatic heterocycles. The molecule has 6 nitrogen and oxygen atoms in total. The maximum absolute atomic E-state index is 15.9. The maximum Gasteiger partial charge on any atom is 0.408 e. The van der Waals surface area contributed by atoms with Crippen molar-refractivity contribution in [2.75, 3.05) is 6.61 Å². The number of alkyl carbamates (subject to hydrolysis) is 1. The van der Waals surface area contributed by atoms with Gasteiger partial charge in [0.1, 0.15) is 17.2 Å². The van der Waals surface area contributed by atoms with E-state index in [1.54, 1.807) is 45.9 Å². The molecule has 3 rings (SSSR count). The average Bonchev–Trinajstić information content (AvgIpc) is 3.56.